The van der Waals surface area contributed by atoms with Crippen LogP contribution in [0, 0.1) is 11.6 Å². The molecule has 2 fully saturated rings. The number of nitrogens with zero attached hydrogens (tertiary/aromatic N) is 4. The van der Waals surface area contributed by atoms with Crippen LogP contribution in [0.2, 0.25) is 0 Å². The topological polar surface area (TPSA) is 130 Å². The Morgan fingerprint density at radius 3 is 1.43 bits per heavy atom. The molecular formula is C38H28ClF8KN4O6. The second kappa shape index (κ2) is 18.7. The Hall–Kier alpha value is -3.69. The molecule has 0 N–H and O–H groups in total. The van der Waals surface area contributed by atoms with E-state index in [1.54, 1.807) is 36.4 Å². The SMILES string of the molecule is Fc1cnc(C2CC(OC(F)(F)F)C2)cc1CCl.O=C1[N-]C(=O)c2ccccc21.O=C1c2ccccc2C(=O)N1Cc1cc(C2CC(OC(F)(F)F)C2)ncc1F.[K+]. The van der Waals surface area contributed by atoms with E-state index in [9.17, 15) is 54.3 Å². The van der Waals surface area contributed by atoms with Crippen molar-refractivity contribution >= 4 is 35.2 Å². The second-order valence-corrected chi connectivity index (χ2v) is 13.5. The van der Waals surface area contributed by atoms with Crippen molar-refractivity contribution in [1.29, 1.82) is 0 Å². The monoisotopic (exact) mass is 862 g/mol. The van der Waals surface area contributed by atoms with E-state index in [4.69, 9.17) is 11.6 Å². The number of carbonyl (C=O) groups excluding carboxylic acids is 4. The first-order valence-electron chi connectivity index (χ1n) is 17.1. The van der Waals surface area contributed by atoms with Gasteiger partial charge < -0.3 is 14.9 Å². The predicted octanol–water partition coefficient (Wildman–Crippen LogP) is 5.90. The molecule has 0 spiro atoms. The zero-order valence-electron chi connectivity index (χ0n) is 30.1. The van der Waals surface area contributed by atoms with E-state index < -0.39 is 60.2 Å². The molecule has 2 aliphatic heterocycles. The van der Waals surface area contributed by atoms with Crippen LogP contribution in [0.15, 0.2) is 73.1 Å². The van der Waals surface area contributed by atoms with E-state index >= 15 is 0 Å². The normalized spacial score (nSPS) is 20.6. The molecule has 4 amide bonds. The summed E-state index contributed by atoms with van der Waals surface area (Å²) in [6.07, 6.45) is -8.37. The summed E-state index contributed by atoms with van der Waals surface area (Å²) in [5, 5.41) is 3.28. The molecule has 4 heterocycles. The minimum absolute atomic E-state index is 0. The Bertz CT molecular complexity index is 2130. The molecule has 58 heavy (non-hydrogen) atoms. The number of halogens is 9. The molecule has 0 unspecified atom stereocenters. The Morgan fingerprint density at radius 2 is 1.03 bits per heavy atom. The zero-order chi connectivity index (χ0) is 41.2. The van der Waals surface area contributed by atoms with Crippen molar-refractivity contribution in [2.45, 2.75) is 74.9 Å². The van der Waals surface area contributed by atoms with E-state index in [1.807, 2.05) is 0 Å². The zero-order valence-corrected chi connectivity index (χ0v) is 34.0. The molecule has 2 aliphatic carbocycles. The molecule has 0 bridgehead atoms. The van der Waals surface area contributed by atoms with Crippen LogP contribution in [-0.4, -0.2) is 63.4 Å². The van der Waals surface area contributed by atoms with Crippen molar-refractivity contribution in [2.24, 2.45) is 0 Å². The van der Waals surface area contributed by atoms with Gasteiger partial charge in [-0.3, -0.25) is 33.9 Å². The number of ether oxygens (including phenoxy) is 2. The van der Waals surface area contributed by atoms with E-state index in [0.717, 1.165) is 17.3 Å². The standard InChI is InChI=1S/C19H14F4N2O3.C11H10ClF4NO.C8H5NO2.K/c20-15-8-24-16(10-5-12(6-10)28-19(21,22)23)7-11(15)9-25-17(26)13-3-1-2-4-14(13)18(25)27;12-4-7-3-10(17-5-9(7)13)6-1-8(2-6)18-11(14,15)16;10-7-5-3-1-2-4-6(5)8(11)9-7;/h1-4,7-8,10,12H,5-6,9H2;3,5-6,8H,1-2,4H2;1-4H,(H,9,10,11);/q;;;+1/p-1. The van der Waals surface area contributed by atoms with Crippen LogP contribution in [0.5, 0.6) is 0 Å². The number of imide groups is 2. The molecule has 0 saturated heterocycles. The van der Waals surface area contributed by atoms with Crippen LogP contribution in [-0.2, 0) is 21.9 Å². The number of rotatable bonds is 7. The summed E-state index contributed by atoms with van der Waals surface area (Å²) in [6, 6.07) is 15.8. The smallest absolute Gasteiger partial charge is 0.587 e. The van der Waals surface area contributed by atoms with Crippen molar-refractivity contribution in [3.05, 3.63) is 135 Å². The Balaban J connectivity index is 0.000000182. The largest absolute Gasteiger partial charge is 1.00 e. The fourth-order valence-electron chi connectivity index (χ4n) is 6.47. The third-order valence-corrected chi connectivity index (χ3v) is 9.77. The molecule has 2 aromatic heterocycles. The maximum atomic E-state index is 14.2. The fourth-order valence-corrected chi connectivity index (χ4v) is 6.68. The van der Waals surface area contributed by atoms with Gasteiger partial charge in [-0.25, -0.2) is 8.78 Å². The first-order valence-corrected chi connectivity index (χ1v) is 17.6. The average Bonchev–Trinajstić information content (AvgIpc) is 3.55. The molecule has 300 valence electrons. The van der Waals surface area contributed by atoms with Gasteiger partial charge in [-0.2, -0.15) is 0 Å². The minimum Gasteiger partial charge on any atom is -0.587 e. The van der Waals surface area contributed by atoms with Crippen LogP contribution in [0.4, 0.5) is 35.1 Å². The van der Waals surface area contributed by atoms with Gasteiger partial charge in [0.15, 0.2) is 0 Å². The van der Waals surface area contributed by atoms with Gasteiger partial charge in [0, 0.05) is 45.5 Å². The van der Waals surface area contributed by atoms with Crippen LogP contribution < -0.4 is 51.4 Å². The van der Waals surface area contributed by atoms with Gasteiger partial charge in [0.25, 0.3) is 11.8 Å². The van der Waals surface area contributed by atoms with Gasteiger partial charge in [0.1, 0.15) is 11.6 Å². The molecule has 0 radical (unpaired) electrons. The summed E-state index contributed by atoms with van der Waals surface area (Å²) in [6.45, 7) is -0.275. The number of pyridine rings is 2. The van der Waals surface area contributed by atoms with E-state index in [-0.39, 0.29) is 118 Å². The van der Waals surface area contributed by atoms with Gasteiger partial charge in [-0.15, -0.1) is 37.9 Å². The molecule has 8 rings (SSSR count). The average molecular weight is 863 g/mol. The van der Waals surface area contributed by atoms with E-state index in [1.165, 1.54) is 24.3 Å². The molecule has 4 aromatic rings. The predicted molar refractivity (Wildman–Crippen MR) is 183 cm³/mol. The van der Waals surface area contributed by atoms with Crippen molar-refractivity contribution in [3.8, 4) is 0 Å². The number of fused-ring (bicyclic) bond motifs is 2. The maximum Gasteiger partial charge on any atom is 1.00 e. The summed E-state index contributed by atoms with van der Waals surface area (Å²) < 4.78 is 108. The summed E-state index contributed by atoms with van der Waals surface area (Å²) in [5.41, 5.74) is 2.71. The number of benzene rings is 2. The Labute approximate surface area is 372 Å². The van der Waals surface area contributed by atoms with Crippen LogP contribution >= 0.6 is 11.6 Å². The third-order valence-electron chi connectivity index (χ3n) is 9.48. The molecule has 10 nitrogen and oxygen atoms in total. The Morgan fingerprint density at radius 1 is 0.655 bits per heavy atom. The van der Waals surface area contributed by atoms with Gasteiger partial charge >= 0.3 is 64.1 Å². The number of hydrogen-bond donors (Lipinski definition) is 0. The minimum atomic E-state index is -4.69. The summed E-state index contributed by atoms with van der Waals surface area (Å²) >= 11 is 5.54. The summed E-state index contributed by atoms with van der Waals surface area (Å²) in [7, 11) is 0. The Kier molecular flexibility index (Phi) is 14.6. The van der Waals surface area contributed by atoms with Crippen LogP contribution in [0.25, 0.3) is 5.32 Å². The van der Waals surface area contributed by atoms with Crippen molar-refractivity contribution in [2.75, 3.05) is 0 Å². The fraction of sp³-hybridized carbons (Fsp3) is 0.316. The molecule has 4 aliphatic rings. The van der Waals surface area contributed by atoms with Gasteiger partial charge in [-0.1, -0.05) is 36.4 Å². The molecule has 2 saturated carbocycles. The molecule has 0 atom stereocenters. The van der Waals surface area contributed by atoms with E-state index in [2.05, 4.69) is 24.8 Å². The maximum absolute atomic E-state index is 14.2. The summed E-state index contributed by atoms with van der Waals surface area (Å²) in [5.74, 6) is -3.48. The van der Waals surface area contributed by atoms with Gasteiger partial charge in [0.05, 0.1) is 60.0 Å². The first kappa shape index (κ1) is 45.4. The van der Waals surface area contributed by atoms with E-state index in [0.29, 0.717) is 28.1 Å². The summed E-state index contributed by atoms with van der Waals surface area (Å²) in [4.78, 5) is 55.4. The quantitative estimate of drug-likeness (QED) is 0.0973. The van der Waals surface area contributed by atoms with Crippen LogP contribution in [0.3, 0.4) is 0 Å². The van der Waals surface area contributed by atoms with Gasteiger partial charge in [-0.05, 0) is 49.9 Å². The van der Waals surface area contributed by atoms with Crippen LogP contribution in [0.1, 0.15) is 101 Å². The number of hydrogen-bond acceptors (Lipinski definition) is 8. The number of aromatic nitrogens is 2. The first-order chi connectivity index (χ1) is 26.9. The number of carbonyl (C=O) groups is 4. The van der Waals surface area contributed by atoms with Crippen molar-refractivity contribution < 1.29 is 115 Å². The van der Waals surface area contributed by atoms with Gasteiger partial charge in [0.2, 0.25) is 0 Å². The third kappa shape index (κ3) is 10.9. The number of alkyl halides is 7. The molecule has 2 aromatic carbocycles. The van der Waals surface area contributed by atoms with Crippen molar-refractivity contribution in [1.82, 2.24) is 14.9 Å². The van der Waals surface area contributed by atoms with Crippen molar-refractivity contribution in [3.63, 3.8) is 0 Å². The second-order valence-electron chi connectivity index (χ2n) is 13.3. The molecular weight excluding hydrogens is 835 g/mol. The molecule has 20 heteroatoms. The number of amides is 4.